The molecule has 0 spiro atoms. The van der Waals surface area contributed by atoms with E-state index in [0.29, 0.717) is 5.56 Å². The highest BCUT2D eigenvalue weighted by molar-refractivity contribution is 5.99. The molecule has 0 saturated heterocycles. The molecule has 3 aromatic heterocycles. The Labute approximate surface area is 174 Å². The second kappa shape index (κ2) is 7.34. The molecule has 4 N–H and O–H groups in total. The van der Waals surface area contributed by atoms with Crippen LogP contribution in [0.25, 0.3) is 32.9 Å². The molecule has 0 aliphatic rings. The summed E-state index contributed by atoms with van der Waals surface area (Å²) in [5.41, 5.74) is 6.22. The van der Waals surface area contributed by atoms with Crippen molar-refractivity contribution in [2.45, 2.75) is 25.7 Å². The van der Waals surface area contributed by atoms with E-state index < -0.39 is 0 Å². The smallest absolute Gasteiger partial charge is 0.201 e. The highest BCUT2D eigenvalue weighted by Crippen LogP contribution is 2.41. The van der Waals surface area contributed by atoms with Crippen molar-refractivity contribution in [3.8, 4) is 22.9 Å². The van der Waals surface area contributed by atoms with Crippen LogP contribution in [0.2, 0.25) is 0 Å². The van der Waals surface area contributed by atoms with Gasteiger partial charge < -0.3 is 20.2 Å². The summed E-state index contributed by atoms with van der Waals surface area (Å²) in [7, 11) is 1.66. The van der Waals surface area contributed by atoms with Crippen molar-refractivity contribution >= 4 is 21.8 Å². The largest absolute Gasteiger partial charge is 0.494 e. The molecule has 0 fully saturated rings. The van der Waals surface area contributed by atoms with Gasteiger partial charge in [0.2, 0.25) is 5.88 Å². The molecule has 0 unspecified atom stereocenters. The van der Waals surface area contributed by atoms with Gasteiger partial charge in [0.05, 0.1) is 0 Å². The van der Waals surface area contributed by atoms with Crippen LogP contribution in [-0.4, -0.2) is 24.7 Å². The van der Waals surface area contributed by atoms with Crippen LogP contribution in [0.5, 0.6) is 11.8 Å². The van der Waals surface area contributed by atoms with Crippen molar-refractivity contribution in [1.29, 1.82) is 0 Å². The van der Waals surface area contributed by atoms with Crippen LogP contribution in [0.4, 0.5) is 0 Å². The number of nitrogens with one attached hydrogen (secondary N) is 2. The molecular formula is C25H25N3O2. The lowest BCUT2D eigenvalue weighted by atomic mass is 10.0. The summed E-state index contributed by atoms with van der Waals surface area (Å²) < 4.78 is 1.40. The Morgan fingerprint density at radius 1 is 0.833 bits per heavy atom. The predicted molar refractivity (Wildman–Crippen MR) is 121 cm³/mol. The maximum absolute atomic E-state index is 10.5. The molecule has 0 bridgehead atoms. The van der Waals surface area contributed by atoms with Gasteiger partial charge in [-0.1, -0.05) is 36.4 Å². The first kappa shape index (κ1) is 18.4. The number of hydrogen-bond donors (Lipinski definition) is 4. The van der Waals surface area contributed by atoms with E-state index in [1.807, 2.05) is 18.2 Å². The zero-order valence-electron chi connectivity index (χ0n) is 16.9. The molecule has 30 heavy (non-hydrogen) atoms. The fourth-order valence-corrected chi connectivity index (χ4v) is 4.34. The lowest BCUT2D eigenvalue weighted by Crippen LogP contribution is -1.92. The Hall–Kier alpha value is -3.60. The van der Waals surface area contributed by atoms with E-state index in [1.54, 1.807) is 13.1 Å². The fourth-order valence-electron chi connectivity index (χ4n) is 4.34. The number of hydrogen-bond acceptors (Lipinski definition) is 2. The lowest BCUT2D eigenvalue weighted by molar-refractivity contribution is 0.387. The van der Waals surface area contributed by atoms with E-state index in [9.17, 15) is 10.2 Å². The summed E-state index contributed by atoms with van der Waals surface area (Å²) in [6.07, 6.45) is 3.96. The molecule has 0 amide bonds. The first-order valence-electron chi connectivity index (χ1n) is 10.4. The minimum atomic E-state index is 0.0533. The highest BCUT2D eigenvalue weighted by Gasteiger charge is 2.20. The molecule has 5 nitrogen and oxygen atoms in total. The Kier molecular flexibility index (Phi) is 4.51. The number of H-pyrrole nitrogens is 2. The van der Waals surface area contributed by atoms with E-state index in [1.165, 1.54) is 21.2 Å². The minimum absolute atomic E-state index is 0.0533. The van der Waals surface area contributed by atoms with Crippen LogP contribution in [0.3, 0.4) is 0 Å². The number of fused-ring (bicyclic) bond motifs is 2. The van der Waals surface area contributed by atoms with E-state index >= 15 is 0 Å². The molecular weight excluding hydrogens is 374 g/mol. The molecule has 5 heteroatoms. The zero-order valence-corrected chi connectivity index (χ0v) is 16.9. The van der Waals surface area contributed by atoms with Crippen LogP contribution < -0.4 is 0 Å². The molecule has 2 aromatic carbocycles. The number of benzene rings is 2. The van der Waals surface area contributed by atoms with Crippen molar-refractivity contribution < 1.29 is 10.2 Å². The average molecular weight is 399 g/mol. The van der Waals surface area contributed by atoms with Crippen molar-refractivity contribution in [2.24, 2.45) is 7.05 Å². The van der Waals surface area contributed by atoms with E-state index in [-0.39, 0.29) is 11.8 Å². The van der Waals surface area contributed by atoms with Gasteiger partial charge in [0.15, 0.2) is 5.88 Å². The number of aromatic hydroxyl groups is 2. The van der Waals surface area contributed by atoms with Gasteiger partial charge in [-0.3, -0.25) is 4.57 Å². The first-order chi connectivity index (χ1) is 14.6. The maximum atomic E-state index is 10.5. The van der Waals surface area contributed by atoms with Gasteiger partial charge in [-0.2, -0.15) is 0 Å². The summed E-state index contributed by atoms with van der Waals surface area (Å²) in [5, 5.41) is 22.9. The fraction of sp³-hybridized carbons (Fsp3) is 0.200. The topological polar surface area (TPSA) is 77.0 Å². The quantitative estimate of drug-likeness (QED) is 0.279. The average Bonchev–Trinajstić information content (AvgIpc) is 3.40. The van der Waals surface area contributed by atoms with E-state index in [0.717, 1.165) is 47.8 Å². The van der Waals surface area contributed by atoms with Crippen molar-refractivity contribution in [3.63, 3.8) is 0 Å². The second-order valence-corrected chi connectivity index (χ2v) is 7.91. The summed E-state index contributed by atoms with van der Waals surface area (Å²) in [4.78, 5) is 7.03. The molecule has 152 valence electrons. The van der Waals surface area contributed by atoms with Gasteiger partial charge >= 0.3 is 0 Å². The Balaban J connectivity index is 1.38. The van der Waals surface area contributed by atoms with Crippen LogP contribution in [-0.2, 0) is 19.9 Å². The number of nitrogens with zero attached hydrogens (tertiary/aromatic N) is 1. The Morgan fingerprint density at radius 3 is 2.33 bits per heavy atom. The van der Waals surface area contributed by atoms with Crippen molar-refractivity contribution in [2.75, 3.05) is 0 Å². The Bertz CT molecular complexity index is 1310. The van der Waals surface area contributed by atoms with E-state index in [4.69, 9.17) is 0 Å². The number of rotatable bonds is 6. The standard InChI is InChI=1S/C25H25N3O2/c1-28-23(29)15-19(25(28)30)24-18-10-4-7-12-21(18)27-22(24)13-6-3-9-17-14-16-8-2-5-11-20(16)26-17/h2,4-5,7-8,10-12,14-15,26-27,29-30H,3,6,9,13H2,1H3. The third kappa shape index (κ3) is 3.12. The number of aryl methyl sites for hydroxylation is 2. The summed E-state index contributed by atoms with van der Waals surface area (Å²) in [6, 6.07) is 20.3. The second-order valence-electron chi connectivity index (χ2n) is 7.91. The van der Waals surface area contributed by atoms with Gasteiger partial charge in [-0.15, -0.1) is 0 Å². The normalized spacial score (nSPS) is 11.6. The molecule has 3 heterocycles. The molecule has 0 saturated carbocycles. The molecule has 0 radical (unpaired) electrons. The molecule has 0 aliphatic carbocycles. The SMILES string of the molecule is Cn1c(O)cc(-c2c(CCCCc3cc4ccccc4[nH]3)[nH]c3ccccc23)c1O. The van der Waals surface area contributed by atoms with Crippen LogP contribution in [0.15, 0.2) is 60.7 Å². The van der Waals surface area contributed by atoms with E-state index in [2.05, 4.69) is 46.4 Å². The number of aromatic amines is 2. The van der Waals surface area contributed by atoms with Crippen molar-refractivity contribution in [3.05, 3.63) is 72.1 Å². The lowest BCUT2D eigenvalue weighted by Gasteiger charge is -2.05. The van der Waals surface area contributed by atoms with Gasteiger partial charge in [-0.05, 0) is 49.3 Å². The minimum Gasteiger partial charge on any atom is -0.494 e. The maximum Gasteiger partial charge on any atom is 0.201 e. The van der Waals surface area contributed by atoms with Crippen LogP contribution in [0.1, 0.15) is 24.2 Å². The monoisotopic (exact) mass is 399 g/mol. The van der Waals surface area contributed by atoms with Crippen LogP contribution >= 0.6 is 0 Å². The van der Waals surface area contributed by atoms with Gasteiger partial charge in [0.25, 0.3) is 0 Å². The van der Waals surface area contributed by atoms with Gasteiger partial charge in [-0.25, -0.2) is 0 Å². The third-order valence-electron chi connectivity index (χ3n) is 5.94. The molecule has 0 aliphatic heterocycles. The van der Waals surface area contributed by atoms with Gasteiger partial charge in [0, 0.05) is 52.0 Å². The Morgan fingerprint density at radius 2 is 1.57 bits per heavy atom. The number of aromatic nitrogens is 3. The van der Waals surface area contributed by atoms with Crippen LogP contribution in [0, 0.1) is 0 Å². The highest BCUT2D eigenvalue weighted by atomic mass is 16.3. The third-order valence-corrected chi connectivity index (χ3v) is 5.94. The molecule has 0 atom stereocenters. The molecule has 5 rings (SSSR count). The predicted octanol–water partition coefficient (Wildman–Crippen LogP) is 5.63. The zero-order chi connectivity index (χ0) is 20.7. The number of unbranched alkanes of at least 4 members (excludes halogenated alkanes) is 1. The summed E-state index contributed by atoms with van der Waals surface area (Å²) in [6.45, 7) is 0. The van der Waals surface area contributed by atoms with Crippen molar-refractivity contribution in [1.82, 2.24) is 14.5 Å². The first-order valence-corrected chi connectivity index (χ1v) is 10.4. The van der Waals surface area contributed by atoms with Gasteiger partial charge in [0.1, 0.15) is 0 Å². The number of para-hydroxylation sites is 2. The molecule has 5 aromatic rings. The summed E-state index contributed by atoms with van der Waals surface area (Å²) in [5.74, 6) is 0.133. The summed E-state index contributed by atoms with van der Waals surface area (Å²) >= 11 is 0.